The summed E-state index contributed by atoms with van der Waals surface area (Å²) in [4.78, 5) is 11.9. The van der Waals surface area contributed by atoms with E-state index in [2.05, 4.69) is 0 Å². The number of benzene rings is 2. The van der Waals surface area contributed by atoms with Gasteiger partial charge in [0.05, 0.1) is 11.1 Å². The van der Waals surface area contributed by atoms with Crippen LogP contribution in [0.15, 0.2) is 0 Å². The summed E-state index contributed by atoms with van der Waals surface area (Å²) in [6, 6.07) is 0. The van der Waals surface area contributed by atoms with Crippen molar-refractivity contribution in [2.24, 2.45) is 0 Å². The van der Waals surface area contributed by atoms with Crippen molar-refractivity contribution in [1.82, 2.24) is 0 Å². The predicted molar refractivity (Wildman–Crippen MR) is 73.6 cm³/mol. The number of hydrogen-bond acceptors (Lipinski definition) is 1. The number of hydrogen-bond donors (Lipinski definition) is 0. The van der Waals surface area contributed by atoms with Crippen LogP contribution in [0.5, 0.6) is 0 Å². The van der Waals surface area contributed by atoms with E-state index >= 15 is 0 Å². The molecule has 0 spiro atoms. The summed E-state index contributed by atoms with van der Waals surface area (Å²) >= 11 is 0. The topological polar surface area (TPSA) is 17.1 Å². The van der Waals surface area contributed by atoms with Crippen molar-refractivity contribution in [3.63, 3.8) is 0 Å². The molecule has 1 atom stereocenters. The van der Waals surface area contributed by atoms with E-state index in [-0.39, 0.29) is 0 Å². The van der Waals surface area contributed by atoms with Gasteiger partial charge in [0, 0.05) is 5.56 Å². The molecule has 0 radical (unpaired) electrons. The number of carbonyl (C=O) groups excluding carboxylic acids is 1. The van der Waals surface area contributed by atoms with E-state index in [0.29, 0.717) is 0 Å². The summed E-state index contributed by atoms with van der Waals surface area (Å²) in [6.45, 7) is 0. The first-order chi connectivity index (χ1) is 15.2. The molecule has 34 heavy (non-hydrogen) atoms. The minimum Gasteiger partial charge on any atom is -0.287 e. The Morgan fingerprint density at radius 2 is 0.824 bits per heavy atom. The van der Waals surface area contributed by atoms with Crippen LogP contribution in [0, 0.1) is 52.4 Å². The standard InChI is InChI=1S/C17F16O/c18-4-1-2(5(19)9(23)8(4)22)14(15(27,28)13(1)34,16(29,30)17(31,32)33)3-6(20)10(24)12(26)11(25)7(3)21. The van der Waals surface area contributed by atoms with Gasteiger partial charge in [0.2, 0.25) is 11.6 Å². The summed E-state index contributed by atoms with van der Waals surface area (Å²) in [5.74, 6) is -49.5. The molecule has 1 nitrogen and oxygen atoms in total. The maximum atomic E-state index is 14.9. The third-order valence-electron chi connectivity index (χ3n) is 5.04. The van der Waals surface area contributed by atoms with Gasteiger partial charge in [-0.25, -0.2) is 39.5 Å². The molecule has 0 fully saturated rings. The molecule has 0 amide bonds. The largest absolute Gasteiger partial charge is 0.454 e. The van der Waals surface area contributed by atoms with Crippen LogP contribution in [-0.2, 0) is 5.41 Å². The van der Waals surface area contributed by atoms with Crippen molar-refractivity contribution in [3.05, 3.63) is 69.0 Å². The number of halogens is 16. The minimum atomic E-state index is -7.60. The summed E-state index contributed by atoms with van der Waals surface area (Å²) in [6.07, 6.45) is -7.54. The quantitative estimate of drug-likeness (QED) is 0.258. The first-order valence-corrected chi connectivity index (χ1v) is 7.98. The van der Waals surface area contributed by atoms with E-state index in [4.69, 9.17) is 0 Å². The van der Waals surface area contributed by atoms with Crippen LogP contribution in [0.1, 0.15) is 21.5 Å². The lowest BCUT2D eigenvalue weighted by molar-refractivity contribution is -0.323. The average Bonchev–Trinajstić information content (AvgIpc) is 2.91. The molecule has 1 aliphatic carbocycles. The van der Waals surface area contributed by atoms with E-state index in [9.17, 15) is 75.0 Å². The molecule has 0 aliphatic heterocycles. The Bertz CT molecular complexity index is 1230. The van der Waals surface area contributed by atoms with Gasteiger partial charge in [-0.3, -0.25) is 4.79 Å². The van der Waals surface area contributed by atoms with Gasteiger partial charge in [-0.2, -0.15) is 30.7 Å². The third kappa shape index (κ3) is 2.57. The first kappa shape index (κ1) is 25.6. The number of Topliss-reactive ketones (excluding diaryl/α,β-unsaturated/α-hetero) is 1. The average molecular weight is 524 g/mol. The van der Waals surface area contributed by atoms with Crippen molar-refractivity contribution >= 4 is 5.78 Å². The normalized spacial score (nSPS) is 20.2. The summed E-state index contributed by atoms with van der Waals surface area (Å²) in [5.41, 5.74) is -17.1. The molecule has 2 aromatic rings. The Kier molecular flexibility index (Phi) is 5.28. The fourth-order valence-corrected chi connectivity index (χ4v) is 3.62. The first-order valence-electron chi connectivity index (χ1n) is 7.98. The lowest BCUT2D eigenvalue weighted by Gasteiger charge is -2.42. The van der Waals surface area contributed by atoms with Crippen molar-refractivity contribution in [2.75, 3.05) is 0 Å². The molecule has 1 unspecified atom stereocenters. The maximum absolute atomic E-state index is 14.9. The number of alkyl halides is 7. The Balaban J connectivity index is 2.84. The van der Waals surface area contributed by atoms with Crippen molar-refractivity contribution in [3.8, 4) is 0 Å². The molecule has 17 heteroatoms. The van der Waals surface area contributed by atoms with E-state index in [1.807, 2.05) is 0 Å². The molecule has 0 bridgehead atoms. The van der Waals surface area contributed by atoms with Crippen molar-refractivity contribution < 1.29 is 75.0 Å². The second-order valence-corrected chi connectivity index (χ2v) is 6.68. The Morgan fingerprint density at radius 1 is 0.500 bits per heavy atom. The highest BCUT2D eigenvalue weighted by atomic mass is 19.4. The number of carbonyl (C=O) groups is 1. The fourth-order valence-electron chi connectivity index (χ4n) is 3.62. The maximum Gasteiger partial charge on any atom is 0.454 e. The van der Waals surface area contributed by atoms with Gasteiger partial charge in [-0.1, -0.05) is 0 Å². The molecule has 0 saturated carbocycles. The van der Waals surface area contributed by atoms with Crippen LogP contribution >= 0.6 is 0 Å². The molecule has 1 aliphatic rings. The highest BCUT2D eigenvalue weighted by Crippen LogP contribution is 2.66. The van der Waals surface area contributed by atoms with Crippen molar-refractivity contribution in [1.29, 1.82) is 0 Å². The van der Waals surface area contributed by atoms with Crippen LogP contribution in [0.25, 0.3) is 0 Å². The van der Waals surface area contributed by atoms with Gasteiger partial charge >= 0.3 is 18.0 Å². The van der Waals surface area contributed by atoms with Crippen LogP contribution < -0.4 is 0 Å². The lowest BCUT2D eigenvalue weighted by Crippen LogP contribution is -2.64. The van der Waals surface area contributed by atoms with E-state index in [1.165, 1.54) is 0 Å². The highest BCUT2D eigenvalue weighted by Gasteiger charge is 2.87. The van der Waals surface area contributed by atoms with Gasteiger partial charge in [0.25, 0.3) is 0 Å². The van der Waals surface area contributed by atoms with Crippen molar-refractivity contribution in [2.45, 2.75) is 23.4 Å². The van der Waals surface area contributed by atoms with Crippen LogP contribution in [-0.4, -0.2) is 23.8 Å². The molecule has 186 valence electrons. The predicted octanol–water partition coefficient (Wildman–Crippen LogP) is 6.25. The molecule has 0 N–H and O–H groups in total. The summed E-state index contributed by atoms with van der Waals surface area (Å²) in [5, 5.41) is 0. The van der Waals surface area contributed by atoms with Crippen LogP contribution in [0.4, 0.5) is 70.2 Å². The van der Waals surface area contributed by atoms with Gasteiger partial charge in [-0.15, -0.1) is 0 Å². The molecule has 0 saturated heterocycles. The van der Waals surface area contributed by atoms with Crippen LogP contribution in [0.3, 0.4) is 0 Å². The zero-order chi connectivity index (χ0) is 26.5. The molecular formula is C17F16O. The highest BCUT2D eigenvalue weighted by molar-refractivity contribution is 6.09. The zero-order valence-corrected chi connectivity index (χ0v) is 15.0. The van der Waals surface area contributed by atoms with E-state index in [1.54, 1.807) is 0 Å². The third-order valence-corrected chi connectivity index (χ3v) is 5.04. The van der Waals surface area contributed by atoms with Gasteiger partial charge < -0.3 is 0 Å². The smallest absolute Gasteiger partial charge is 0.287 e. The van der Waals surface area contributed by atoms with E-state index in [0.717, 1.165) is 0 Å². The summed E-state index contributed by atoms with van der Waals surface area (Å²) < 4.78 is 224. The lowest BCUT2D eigenvalue weighted by atomic mass is 9.67. The van der Waals surface area contributed by atoms with Gasteiger partial charge in [0.1, 0.15) is 0 Å². The second kappa shape index (κ2) is 7.00. The Labute approximate surface area is 174 Å². The molecule has 0 heterocycles. The van der Waals surface area contributed by atoms with Crippen LogP contribution in [0.2, 0.25) is 0 Å². The Morgan fingerprint density at radius 3 is 1.21 bits per heavy atom. The number of rotatable bonds is 2. The van der Waals surface area contributed by atoms with E-state index < -0.39 is 98.3 Å². The molecule has 0 aromatic heterocycles. The van der Waals surface area contributed by atoms with Gasteiger partial charge in [0.15, 0.2) is 52.0 Å². The SMILES string of the molecule is O=C1c2c(F)c(F)c(F)c(F)c2C(c2c(F)c(F)c(F)c(F)c2F)(C(F)(F)C(F)(F)F)C1(F)F. The van der Waals surface area contributed by atoms with Gasteiger partial charge in [-0.05, 0) is 0 Å². The Hall–Kier alpha value is -3.01. The monoisotopic (exact) mass is 524 g/mol. The molecule has 2 aromatic carbocycles. The molecular weight excluding hydrogens is 524 g/mol. The second-order valence-electron chi connectivity index (χ2n) is 6.68. The summed E-state index contributed by atoms with van der Waals surface area (Å²) in [7, 11) is 0. The number of fused-ring (bicyclic) bond motifs is 1. The zero-order valence-electron chi connectivity index (χ0n) is 15.0. The number of ketones is 1. The minimum absolute atomic E-state index is 3.07. The fraction of sp³-hybridized carbons (Fsp3) is 0.235. The molecule has 3 rings (SSSR count).